The molecule has 0 aromatic carbocycles. The normalized spacial score (nSPS) is 19.8. The van der Waals surface area contributed by atoms with E-state index in [2.05, 4.69) is 10.5 Å². The van der Waals surface area contributed by atoms with Gasteiger partial charge in [-0.25, -0.2) is 0 Å². The first-order valence-electron chi connectivity index (χ1n) is 6.12. The molecule has 6 nitrogen and oxygen atoms in total. The molecule has 1 amide bonds. The molecule has 0 unspecified atom stereocenters. The standard InChI is InChI=1S/C12H17N3O3/c13-8-1-3-9(4-2-8)14-12(17)11-7-10(5-6-16)18-15-11/h7,9,13,16H,1-6H2,(H,14,17). The number of carbonyl (C=O) groups is 1. The minimum absolute atomic E-state index is 0.0268. The van der Waals surface area contributed by atoms with E-state index in [0.29, 0.717) is 12.2 Å². The van der Waals surface area contributed by atoms with E-state index in [9.17, 15) is 4.79 Å². The quantitative estimate of drug-likeness (QED) is 0.740. The smallest absolute Gasteiger partial charge is 0.273 e. The predicted molar refractivity (Wildman–Crippen MR) is 64.7 cm³/mol. The minimum atomic E-state index is -0.249. The molecule has 3 N–H and O–H groups in total. The van der Waals surface area contributed by atoms with Crippen LogP contribution in [0.15, 0.2) is 10.6 Å². The molecule has 0 aliphatic heterocycles. The van der Waals surface area contributed by atoms with Gasteiger partial charge in [0.05, 0.1) is 6.61 Å². The topological polar surface area (TPSA) is 99.2 Å². The van der Waals surface area contributed by atoms with Crippen molar-refractivity contribution in [2.75, 3.05) is 6.61 Å². The number of aliphatic hydroxyl groups is 1. The molecule has 2 rings (SSSR count). The van der Waals surface area contributed by atoms with E-state index in [1.54, 1.807) is 6.07 Å². The van der Waals surface area contributed by atoms with Crippen LogP contribution in [0.5, 0.6) is 0 Å². The molecule has 1 aromatic rings. The molecular weight excluding hydrogens is 234 g/mol. The number of nitrogens with zero attached hydrogens (tertiary/aromatic N) is 1. The Bertz CT molecular complexity index is 432. The van der Waals surface area contributed by atoms with E-state index in [-0.39, 0.29) is 24.2 Å². The number of carbonyl (C=O) groups excluding carboxylic acids is 1. The lowest BCUT2D eigenvalue weighted by Crippen LogP contribution is -2.37. The molecule has 0 saturated heterocycles. The van der Waals surface area contributed by atoms with Crippen molar-refractivity contribution in [3.63, 3.8) is 0 Å². The van der Waals surface area contributed by atoms with Crippen molar-refractivity contribution in [3.8, 4) is 0 Å². The van der Waals surface area contributed by atoms with Gasteiger partial charge in [0.25, 0.3) is 5.91 Å². The van der Waals surface area contributed by atoms with Gasteiger partial charge in [0.15, 0.2) is 5.69 Å². The lowest BCUT2D eigenvalue weighted by molar-refractivity contribution is 0.0923. The number of rotatable bonds is 4. The van der Waals surface area contributed by atoms with E-state index < -0.39 is 0 Å². The summed E-state index contributed by atoms with van der Waals surface area (Å²) in [4.78, 5) is 11.9. The zero-order valence-electron chi connectivity index (χ0n) is 10.1. The molecule has 1 aromatic heterocycles. The fourth-order valence-corrected chi connectivity index (χ4v) is 2.02. The third kappa shape index (κ3) is 3.16. The molecule has 18 heavy (non-hydrogen) atoms. The zero-order chi connectivity index (χ0) is 13.0. The monoisotopic (exact) mass is 251 g/mol. The van der Waals surface area contributed by atoms with Crippen LogP contribution >= 0.6 is 0 Å². The van der Waals surface area contributed by atoms with Crippen molar-refractivity contribution in [2.45, 2.75) is 38.1 Å². The number of hydrogen-bond donors (Lipinski definition) is 3. The number of aromatic nitrogens is 1. The van der Waals surface area contributed by atoms with Gasteiger partial charge >= 0.3 is 0 Å². The summed E-state index contributed by atoms with van der Waals surface area (Å²) in [6.45, 7) is -0.0268. The molecular formula is C12H17N3O3. The van der Waals surface area contributed by atoms with Gasteiger partial charge in [0.2, 0.25) is 0 Å². The number of amides is 1. The Kier molecular flexibility index (Phi) is 4.09. The van der Waals surface area contributed by atoms with Crippen LogP contribution < -0.4 is 5.32 Å². The summed E-state index contributed by atoms with van der Waals surface area (Å²) in [5, 5.41) is 22.8. The fraction of sp³-hybridized carbons (Fsp3) is 0.583. The maximum atomic E-state index is 11.9. The first kappa shape index (κ1) is 12.8. The Morgan fingerprint density at radius 2 is 2.28 bits per heavy atom. The van der Waals surface area contributed by atoms with Gasteiger partial charge in [-0.1, -0.05) is 5.16 Å². The van der Waals surface area contributed by atoms with Crippen molar-refractivity contribution in [1.82, 2.24) is 10.5 Å². The maximum absolute atomic E-state index is 11.9. The summed E-state index contributed by atoms with van der Waals surface area (Å²) < 4.78 is 4.93. The predicted octanol–water partition coefficient (Wildman–Crippen LogP) is 0.902. The van der Waals surface area contributed by atoms with Crippen LogP contribution in [-0.4, -0.2) is 34.5 Å². The second-order valence-electron chi connectivity index (χ2n) is 4.50. The summed E-state index contributed by atoms with van der Waals surface area (Å²) >= 11 is 0. The largest absolute Gasteiger partial charge is 0.396 e. The van der Waals surface area contributed by atoms with Gasteiger partial charge in [-0.2, -0.15) is 0 Å². The van der Waals surface area contributed by atoms with Crippen LogP contribution in [0.2, 0.25) is 0 Å². The van der Waals surface area contributed by atoms with Crippen molar-refractivity contribution in [2.24, 2.45) is 0 Å². The van der Waals surface area contributed by atoms with Gasteiger partial charge < -0.3 is 20.4 Å². The zero-order valence-corrected chi connectivity index (χ0v) is 10.1. The third-order valence-electron chi connectivity index (χ3n) is 3.07. The maximum Gasteiger partial charge on any atom is 0.273 e. The summed E-state index contributed by atoms with van der Waals surface area (Å²) in [5.74, 6) is 0.259. The molecule has 0 spiro atoms. The van der Waals surface area contributed by atoms with Gasteiger partial charge in [-0.15, -0.1) is 0 Å². The van der Waals surface area contributed by atoms with Crippen LogP contribution in [0.25, 0.3) is 0 Å². The Labute approximate surface area is 105 Å². The average Bonchev–Trinajstić information content (AvgIpc) is 2.81. The second-order valence-corrected chi connectivity index (χ2v) is 4.50. The molecule has 6 heteroatoms. The number of aliphatic hydroxyl groups excluding tert-OH is 1. The van der Waals surface area contributed by atoms with Crippen LogP contribution in [-0.2, 0) is 6.42 Å². The Hall–Kier alpha value is -1.69. The molecule has 0 bridgehead atoms. The lowest BCUT2D eigenvalue weighted by atomic mass is 9.94. The van der Waals surface area contributed by atoms with E-state index in [1.165, 1.54) is 0 Å². The van der Waals surface area contributed by atoms with Crippen molar-refractivity contribution in [3.05, 3.63) is 17.5 Å². The van der Waals surface area contributed by atoms with Gasteiger partial charge in [0, 0.05) is 24.2 Å². The molecule has 1 fully saturated rings. The summed E-state index contributed by atoms with van der Waals surface area (Å²) in [7, 11) is 0. The lowest BCUT2D eigenvalue weighted by Gasteiger charge is -2.22. The van der Waals surface area contributed by atoms with Crippen LogP contribution in [0.3, 0.4) is 0 Å². The number of nitrogens with one attached hydrogen (secondary N) is 2. The average molecular weight is 251 g/mol. The van der Waals surface area contributed by atoms with Crippen LogP contribution in [0.1, 0.15) is 41.9 Å². The molecule has 1 saturated carbocycles. The highest BCUT2D eigenvalue weighted by Crippen LogP contribution is 2.15. The Morgan fingerprint density at radius 3 is 2.94 bits per heavy atom. The molecule has 1 aliphatic carbocycles. The highest BCUT2D eigenvalue weighted by molar-refractivity contribution is 5.92. The molecule has 0 atom stereocenters. The van der Waals surface area contributed by atoms with E-state index in [1.807, 2.05) is 0 Å². The second kappa shape index (κ2) is 5.77. The van der Waals surface area contributed by atoms with E-state index >= 15 is 0 Å². The number of hydrogen-bond acceptors (Lipinski definition) is 5. The van der Waals surface area contributed by atoms with Gasteiger partial charge in [-0.05, 0) is 25.7 Å². The van der Waals surface area contributed by atoms with Crippen LogP contribution in [0.4, 0.5) is 0 Å². The molecule has 98 valence electrons. The molecule has 0 radical (unpaired) electrons. The summed E-state index contributed by atoms with van der Waals surface area (Å²) in [6.07, 6.45) is 3.48. The first-order chi connectivity index (χ1) is 8.69. The minimum Gasteiger partial charge on any atom is -0.396 e. The van der Waals surface area contributed by atoms with Gasteiger partial charge in [-0.3, -0.25) is 4.79 Å². The summed E-state index contributed by atoms with van der Waals surface area (Å²) in [6, 6.07) is 1.67. The Morgan fingerprint density at radius 1 is 1.56 bits per heavy atom. The summed E-state index contributed by atoms with van der Waals surface area (Å²) in [5.41, 5.74) is 1.01. The van der Waals surface area contributed by atoms with Crippen molar-refractivity contribution < 1.29 is 14.4 Å². The fourth-order valence-electron chi connectivity index (χ4n) is 2.02. The van der Waals surface area contributed by atoms with Crippen molar-refractivity contribution >= 4 is 11.6 Å². The highest BCUT2D eigenvalue weighted by Gasteiger charge is 2.20. The molecule has 1 aliphatic rings. The van der Waals surface area contributed by atoms with Crippen LogP contribution in [0, 0.1) is 5.41 Å². The van der Waals surface area contributed by atoms with Gasteiger partial charge in [0.1, 0.15) is 5.76 Å². The third-order valence-corrected chi connectivity index (χ3v) is 3.07. The molecule has 1 heterocycles. The first-order valence-corrected chi connectivity index (χ1v) is 6.12. The Balaban J connectivity index is 1.88. The van der Waals surface area contributed by atoms with E-state index in [0.717, 1.165) is 31.4 Å². The highest BCUT2D eigenvalue weighted by atomic mass is 16.5. The SMILES string of the molecule is N=C1CCC(NC(=O)c2cc(CCO)on2)CC1. The van der Waals surface area contributed by atoms with E-state index in [4.69, 9.17) is 15.0 Å². The van der Waals surface area contributed by atoms with Crippen molar-refractivity contribution in [1.29, 1.82) is 5.41 Å².